The second kappa shape index (κ2) is 5.35. The number of likely N-dealkylation sites (N-methyl/N-ethyl adjacent to an activating group) is 1. The molecule has 0 aliphatic carbocycles. The fraction of sp³-hybridized carbons (Fsp3) is 0.300. The first kappa shape index (κ1) is 10.7. The summed E-state index contributed by atoms with van der Waals surface area (Å²) in [4.78, 5) is 12.9. The van der Waals surface area contributed by atoms with Crippen LogP contribution in [0.25, 0.3) is 0 Å². The number of nitrogens with zero attached hydrogens (tertiary/aromatic N) is 1. The Morgan fingerprint density at radius 3 is 2.33 bits per heavy atom. The highest BCUT2D eigenvalue weighted by molar-refractivity contribution is 5.95. The Morgan fingerprint density at radius 1 is 1.42 bits per heavy atom. The van der Waals surface area contributed by atoms with Crippen molar-refractivity contribution in [1.29, 1.82) is 0 Å². The van der Waals surface area contributed by atoms with Crippen molar-refractivity contribution < 1.29 is 4.79 Å². The predicted molar refractivity (Wildman–Crippen MR) is 51.8 cm³/mol. The Labute approximate surface area is 73.9 Å². The van der Waals surface area contributed by atoms with Crippen LogP contribution in [-0.4, -0.2) is 24.9 Å². The number of carbonyl (C=O) groups is 1. The maximum absolute atomic E-state index is 11.4. The maximum atomic E-state index is 11.4. The van der Waals surface area contributed by atoms with E-state index in [1.165, 1.54) is 0 Å². The lowest BCUT2D eigenvalue weighted by molar-refractivity contribution is -0.124. The molecular formula is C10H15NO. The standard InChI is InChI=1S/C10H15NO/c1-5-7-8-9(6-2)10(12)11(3)4/h5-8H,1H2,2-4H3/b8-7-,9-6+. The molecule has 0 fully saturated rings. The van der Waals surface area contributed by atoms with Gasteiger partial charge in [-0.05, 0) is 13.0 Å². The van der Waals surface area contributed by atoms with Gasteiger partial charge in [-0.15, -0.1) is 0 Å². The molecule has 0 aliphatic rings. The van der Waals surface area contributed by atoms with Gasteiger partial charge in [-0.3, -0.25) is 4.79 Å². The minimum absolute atomic E-state index is 0.00981. The van der Waals surface area contributed by atoms with E-state index in [-0.39, 0.29) is 5.91 Å². The van der Waals surface area contributed by atoms with Gasteiger partial charge in [-0.2, -0.15) is 0 Å². The van der Waals surface area contributed by atoms with Gasteiger partial charge in [0.2, 0.25) is 0 Å². The van der Waals surface area contributed by atoms with Crippen molar-refractivity contribution in [3.05, 3.63) is 36.5 Å². The van der Waals surface area contributed by atoms with Crippen LogP contribution in [0.4, 0.5) is 0 Å². The van der Waals surface area contributed by atoms with Gasteiger partial charge in [-0.1, -0.05) is 24.8 Å². The third-order valence-electron chi connectivity index (χ3n) is 1.38. The van der Waals surface area contributed by atoms with E-state index in [9.17, 15) is 4.79 Å². The summed E-state index contributed by atoms with van der Waals surface area (Å²) in [5.74, 6) is 0.00981. The second-order valence-electron chi connectivity index (χ2n) is 2.54. The van der Waals surface area contributed by atoms with Gasteiger partial charge in [-0.25, -0.2) is 0 Å². The zero-order valence-corrected chi connectivity index (χ0v) is 7.87. The number of amides is 1. The Kier molecular flexibility index (Phi) is 4.77. The summed E-state index contributed by atoms with van der Waals surface area (Å²) in [5.41, 5.74) is 0.680. The fourth-order valence-corrected chi connectivity index (χ4v) is 0.721. The molecule has 0 saturated carbocycles. The molecule has 0 radical (unpaired) electrons. The average molecular weight is 165 g/mol. The molecule has 0 N–H and O–H groups in total. The van der Waals surface area contributed by atoms with E-state index in [1.54, 1.807) is 43.3 Å². The summed E-state index contributed by atoms with van der Waals surface area (Å²) >= 11 is 0. The van der Waals surface area contributed by atoms with Gasteiger partial charge in [0.05, 0.1) is 0 Å². The molecule has 0 aromatic rings. The van der Waals surface area contributed by atoms with Crippen LogP contribution in [0, 0.1) is 0 Å². The van der Waals surface area contributed by atoms with Crippen molar-refractivity contribution in [2.75, 3.05) is 14.1 Å². The molecule has 66 valence electrons. The SMILES string of the molecule is C=C/C=C\C(=C/C)C(=O)N(C)C. The van der Waals surface area contributed by atoms with Gasteiger partial charge < -0.3 is 4.90 Å². The van der Waals surface area contributed by atoms with Crippen molar-refractivity contribution in [2.24, 2.45) is 0 Å². The average Bonchev–Trinajstić information content (AvgIpc) is 2.05. The lowest BCUT2D eigenvalue weighted by Gasteiger charge is -2.09. The zero-order valence-electron chi connectivity index (χ0n) is 7.87. The lowest BCUT2D eigenvalue weighted by atomic mass is 10.2. The van der Waals surface area contributed by atoms with Gasteiger partial charge in [0.25, 0.3) is 5.91 Å². The van der Waals surface area contributed by atoms with Crippen LogP contribution in [0.15, 0.2) is 36.5 Å². The molecule has 0 unspecified atom stereocenters. The molecule has 0 saturated heterocycles. The molecular weight excluding hydrogens is 150 g/mol. The summed E-state index contributed by atoms with van der Waals surface area (Å²) in [7, 11) is 3.46. The fourth-order valence-electron chi connectivity index (χ4n) is 0.721. The number of hydrogen-bond donors (Lipinski definition) is 0. The van der Waals surface area contributed by atoms with Crippen LogP contribution in [0.2, 0.25) is 0 Å². The van der Waals surface area contributed by atoms with E-state index in [2.05, 4.69) is 6.58 Å². The van der Waals surface area contributed by atoms with Crippen molar-refractivity contribution >= 4 is 5.91 Å². The van der Waals surface area contributed by atoms with Crippen LogP contribution in [0.3, 0.4) is 0 Å². The van der Waals surface area contributed by atoms with Crippen molar-refractivity contribution in [1.82, 2.24) is 4.90 Å². The topological polar surface area (TPSA) is 20.3 Å². The van der Waals surface area contributed by atoms with Crippen LogP contribution in [0.1, 0.15) is 6.92 Å². The van der Waals surface area contributed by atoms with Crippen LogP contribution in [0.5, 0.6) is 0 Å². The Bertz CT molecular complexity index is 224. The summed E-state index contributed by atoms with van der Waals surface area (Å²) in [6.45, 7) is 5.37. The van der Waals surface area contributed by atoms with Crippen LogP contribution < -0.4 is 0 Å². The van der Waals surface area contributed by atoms with Gasteiger partial charge in [0.1, 0.15) is 0 Å². The molecule has 1 amide bonds. The normalized spacial score (nSPS) is 11.8. The minimum atomic E-state index is 0.00981. The number of allylic oxidation sites excluding steroid dienone is 3. The third-order valence-corrected chi connectivity index (χ3v) is 1.38. The lowest BCUT2D eigenvalue weighted by Crippen LogP contribution is -2.22. The molecule has 0 spiro atoms. The molecule has 0 aromatic heterocycles. The molecule has 0 heterocycles. The molecule has 2 heteroatoms. The Balaban J connectivity index is 4.48. The number of rotatable bonds is 3. The number of hydrogen-bond acceptors (Lipinski definition) is 1. The van der Waals surface area contributed by atoms with Gasteiger partial charge >= 0.3 is 0 Å². The first-order chi connectivity index (χ1) is 5.63. The highest BCUT2D eigenvalue weighted by Gasteiger charge is 2.05. The third kappa shape index (κ3) is 3.19. The van der Waals surface area contributed by atoms with E-state index < -0.39 is 0 Å². The Hall–Kier alpha value is -1.31. The van der Waals surface area contributed by atoms with E-state index in [4.69, 9.17) is 0 Å². The Morgan fingerprint density at radius 2 is 2.00 bits per heavy atom. The molecule has 2 nitrogen and oxygen atoms in total. The van der Waals surface area contributed by atoms with E-state index in [1.807, 2.05) is 6.92 Å². The summed E-state index contributed by atoms with van der Waals surface area (Å²) in [5, 5.41) is 0. The quantitative estimate of drug-likeness (QED) is 0.461. The summed E-state index contributed by atoms with van der Waals surface area (Å²) in [6.07, 6.45) is 6.92. The maximum Gasteiger partial charge on any atom is 0.252 e. The highest BCUT2D eigenvalue weighted by atomic mass is 16.2. The van der Waals surface area contributed by atoms with Crippen LogP contribution >= 0.6 is 0 Å². The van der Waals surface area contributed by atoms with Crippen molar-refractivity contribution in [2.45, 2.75) is 6.92 Å². The summed E-state index contributed by atoms with van der Waals surface area (Å²) < 4.78 is 0. The van der Waals surface area contributed by atoms with E-state index in [0.717, 1.165) is 0 Å². The van der Waals surface area contributed by atoms with Crippen molar-refractivity contribution in [3.63, 3.8) is 0 Å². The largest absolute Gasteiger partial charge is 0.345 e. The monoisotopic (exact) mass is 165 g/mol. The highest BCUT2D eigenvalue weighted by Crippen LogP contribution is 2.00. The first-order valence-corrected chi connectivity index (χ1v) is 3.80. The molecule has 0 rings (SSSR count). The first-order valence-electron chi connectivity index (χ1n) is 3.80. The molecule has 0 aliphatic heterocycles. The van der Waals surface area contributed by atoms with E-state index in [0.29, 0.717) is 5.57 Å². The summed E-state index contributed by atoms with van der Waals surface area (Å²) in [6, 6.07) is 0. The van der Waals surface area contributed by atoms with Crippen molar-refractivity contribution in [3.8, 4) is 0 Å². The van der Waals surface area contributed by atoms with Gasteiger partial charge in [0.15, 0.2) is 0 Å². The van der Waals surface area contributed by atoms with E-state index >= 15 is 0 Å². The minimum Gasteiger partial charge on any atom is -0.345 e. The van der Waals surface area contributed by atoms with Crippen LogP contribution in [-0.2, 0) is 4.79 Å². The second-order valence-corrected chi connectivity index (χ2v) is 2.54. The molecule has 0 bridgehead atoms. The predicted octanol–water partition coefficient (Wildman–Crippen LogP) is 1.76. The molecule has 0 atom stereocenters. The zero-order chi connectivity index (χ0) is 9.56. The molecule has 0 aromatic carbocycles. The number of carbonyl (C=O) groups excluding carboxylic acids is 1. The smallest absolute Gasteiger partial charge is 0.252 e. The van der Waals surface area contributed by atoms with Gasteiger partial charge in [0, 0.05) is 19.7 Å². The molecule has 12 heavy (non-hydrogen) atoms.